The lowest BCUT2D eigenvalue weighted by atomic mass is 10.2. The van der Waals surface area contributed by atoms with Crippen LogP contribution >= 0.6 is 23.2 Å². The number of hydroxylamine groups is 2. The second-order valence-corrected chi connectivity index (χ2v) is 4.86. The molecule has 2 aromatic rings. The van der Waals surface area contributed by atoms with Crippen LogP contribution in [0.15, 0.2) is 48.5 Å². The van der Waals surface area contributed by atoms with Crippen LogP contribution in [0.2, 0.25) is 10.0 Å². The summed E-state index contributed by atoms with van der Waals surface area (Å²) < 4.78 is 0. The van der Waals surface area contributed by atoms with Crippen molar-refractivity contribution in [3.63, 3.8) is 0 Å². The van der Waals surface area contributed by atoms with Gasteiger partial charge in [0.2, 0.25) is 0 Å². The molecule has 108 valence electrons. The number of benzene rings is 2. The monoisotopic (exact) mass is 324 g/mol. The predicted octanol–water partition coefficient (Wildman–Crippen LogP) is 3.00. The largest absolute Gasteiger partial charge is 0.276 e. The minimum Gasteiger partial charge on any atom is -0.267 e. The number of amides is 2. The average molecular weight is 325 g/mol. The van der Waals surface area contributed by atoms with Crippen LogP contribution in [-0.2, 0) is 4.94 Å². The van der Waals surface area contributed by atoms with Crippen molar-refractivity contribution in [2.24, 2.45) is 0 Å². The van der Waals surface area contributed by atoms with Crippen LogP contribution in [0.5, 0.6) is 0 Å². The molecule has 0 bridgehead atoms. The van der Waals surface area contributed by atoms with Crippen molar-refractivity contribution in [3.05, 3.63) is 69.7 Å². The second kappa shape index (κ2) is 7.08. The number of hydrogen-bond donors (Lipinski definition) is 2. The summed E-state index contributed by atoms with van der Waals surface area (Å²) in [6, 6.07) is 12.6. The van der Waals surface area contributed by atoms with Gasteiger partial charge in [-0.15, -0.1) is 0 Å². The van der Waals surface area contributed by atoms with Crippen molar-refractivity contribution in [2.75, 3.05) is 0 Å². The average Bonchev–Trinajstić information content (AvgIpc) is 2.47. The molecule has 7 heteroatoms. The first-order valence-corrected chi connectivity index (χ1v) is 6.59. The Balaban J connectivity index is 1.87. The maximum Gasteiger partial charge on any atom is 0.276 e. The highest BCUT2D eigenvalue weighted by Gasteiger charge is 2.09. The Hall–Kier alpha value is -2.08. The predicted molar refractivity (Wildman–Crippen MR) is 78.9 cm³/mol. The molecule has 0 aromatic heterocycles. The lowest BCUT2D eigenvalue weighted by Crippen LogP contribution is -2.34. The number of rotatable bonds is 4. The third kappa shape index (κ3) is 4.46. The van der Waals surface area contributed by atoms with Gasteiger partial charge < -0.3 is 0 Å². The van der Waals surface area contributed by atoms with Crippen molar-refractivity contribution in [1.29, 1.82) is 0 Å². The molecule has 21 heavy (non-hydrogen) atoms. The molecule has 0 unspecified atom stereocenters. The van der Waals surface area contributed by atoms with Crippen molar-refractivity contribution >= 4 is 35.0 Å². The first-order chi connectivity index (χ1) is 10.1. The highest BCUT2D eigenvalue weighted by Crippen LogP contribution is 2.11. The SMILES string of the molecule is O=C(NONC(=O)c1cccc(Cl)c1)c1cccc(Cl)c1. The molecule has 0 aliphatic rings. The Bertz CT molecular complexity index is 619. The third-order valence-electron chi connectivity index (χ3n) is 2.46. The molecule has 0 saturated carbocycles. The first-order valence-electron chi connectivity index (χ1n) is 5.84. The normalized spacial score (nSPS) is 10.0. The molecule has 0 radical (unpaired) electrons. The lowest BCUT2D eigenvalue weighted by Gasteiger charge is -2.07. The zero-order valence-corrected chi connectivity index (χ0v) is 12.1. The number of nitrogens with one attached hydrogen (secondary N) is 2. The van der Waals surface area contributed by atoms with Gasteiger partial charge in [-0.2, -0.15) is 4.94 Å². The Kier molecular flexibility index (Phi) is 5.16. The molecule has 2 N–H and O–H groups in total. The first kappa shape index (κ1) is 15.3. The number of carbonyl (C=O) groups is 2. The smallest absolute Gasteiger partial charge is 0.267 e. The molecule has 2 rings (SSSR count). The standard InChI is InChI=1S/C14H10Cl2N2O3/c15-11-5-1-3-9(7-11)13(19)17-21-18-14(20)10-4-2-6-12(16)8-10/h1-8H,(H,17,19)(H,18,20). The molecule has 5 nitrogen and oxygen atoms in total. The van der Waals surface area contributed by atoms with E-state index in [9.17, 15) is 9.59 Å². The van der Waals surface area contributed by atoms with Crippen LogP contribution in [0.1, 0.15) is 20.7 Å². The van der Waals surface area contributed by atoms with Crippen molar-refractivity contribution in [1.82, 2.24) is 11.0 Å². The zero-order valence-electron chi connectivity index (χ0n) is 10.6. The van der Waals surface area contributed by atoms with Gasteiger partial charge in [-0.05, 0) is 36.4 Å². The summed E-state index contributed by atoms with van der Waals surface area (Å²) in [6.07, 6.45) is 0. The third-order valence-corrected chi connectivity index (χ3v) is 2.93. The van der Waals surface area contributed by atoms with E-state index in [0.717, 1.165) is 0 Å². The summed E-state index contributed by atoms with van der Waals surface area (Å²) in [6.45, 7) is 0. The quantitative estimate of drug-likeness (QED) is 0.849. The molecule has 2 amide bonds. The molecule has 0 fully saturated rings. The van der Waals surface area contributed by atoms with Crippen LogP contribution in [0, 0.1) is 0 Å². The Morgan fingerprint density at radius 2 is 1.24 bits per heavy atom. The van der Waals surface area contributed by atoms with Gasteiger partial charge in [0.25, 0.3) is 11.8 Å². The molecule has 0 heterocycles. The van der Waals surface area contributed by atoms with E-state index in [1.807, 2.05) is 0 Å². The maximum atomic E-state index is 11.7. The Morgan fingerprint density at radius 1 is 0.810 bits per heavy atom. The minimum atomic E-state index is -0.538. The van der Waals surface area contributed by atoms with Gasteiger partial charge in [-0.1, -0.05) is 35.3 Å². The number of carbonyl (C=O) groups excluding carboxylic acids is 2. The minimum absolute atomic E-state index is 0.305. The van der Waals surface area contributed by atoms with E-state index in [1.165, 1.54) is 12.1 Å². The summed E-state index contributed by atoms with van der Waals surface area (Å²) in [7, 11) is 0. The van der Waals surface area contributed by atoms with E-state index in [1.54, 1.807) is 36.4 Å². The van der Waals surface area contributed by atoms with Gasteiger partial charge in [0.15, 0.2) is 0 Å². The fourth-order valence-electron chi connectivity index (χ4n) is 1.50. The van der Waals surface area contributed by atoms with E-state index < -0.39 is 11.8 Å². The fourth-order valence-corrected chi connectivity index (χ4v) is 1.88. The number of hydrogen-bond acceptors (Lipinski definition) is 3. The van der Waals surface area contributed by atoms with Crippen LogP contribution in [0.25, 0.3) is 0 Å². The van der Waals surface area contributed by atoms with Crippen LogP contribution in [0.3, 0.4) is 0 Å². The lowest BCUT2D eigenvalue weighted by molar-refractivity contribution is -0.0184. The molecule has 0 aliphatic heterocycles. The Morgan fingerprint density at radius 3 is 1.62 bits per heavy atom. The van der Waals surface area contributed by atoms with E-state index >= 15 is 0 Å². The van der Waals surface area contributed by atoms with Gasteiger partial charge in [0.05, 0.1) is 0 Å². The molecule has 0 aliphatic carbocycles. The van der Waals surface area contributed by atoms with Gasteiger partial charge in [0.1, 0.15) is 0 Å². The summed E-state index contributed by atoms with van der Waals surface area (Å²) >= 11 is 11.5. The molecular weight excluding hydrogens is 315 g/mol. The van der Waals surface area contributed by atoms with Crippen molar-refractivity contribution < 1.29 is 14.5 Å². The molecule has 0 atom stereocenters. The van der Waals surface area contributed by atoms with E-state index in [4.69, 9.17) is 23.2 Å². The maximum absolute atomic E-state index is 11.7. The van der Waals surface area contributed by atoms with Gasteiger partial charge in [-0.25, -0.2) is 11.0 Å². The van der Waals surface area contributed by atoms with Gasteiger partial charge in [0, 0.05) is 21.2 Å². The summed E-state index contributed by atoms with van der Waals surface area (Å²) in [4.78, 5) is 28.1. The molecule has 0 saturated heterocycles. The number of halogens is 2. The topological polar surface area (TPSA) is 67.4 Å². The van der Waals surface area contributed by atoms with Crippen LogP contribution < -0.4 is 11.0 Å². The van der Waals surface area contributed by atoms with Crippen molar-refractivity contribution in [2.45, 2.75) is 0 Å². The van der Waals surface area contributed by atoms with E-state index in [2.05, 4.69) is 15.9 Å². The highest BCUT2D eigenvalue weighted by atomic mass is 35.5. The van der Waals surface area contributed by atoms with Gasteiger partial charge >= 0.3 is 0 Å². The zero-order chi connectivity index (χ0) is 15.2. The fraction of sp³-hybridized carbons (Fsp3) is 0. The summed E-state index contributed by atoms with van der Waals surface area (Å²) in [5.74, 6) is -1.08. The summed E-state index contributed by atoms with van der Waals surface area (Å²) in [5.41, 5.74) is 4.77. The van der Waals surface area contributed by atoms with Gasteiger partial charge in [-0.3, -0.25) is 9.59 Å². The van der Waals surface area contributed by atoms with Crippen molar-refractivity contribution in [3.8, 4) is 0 Å². The van der Waals surface area contributed by atoms with Crippen LogP contribution in [0.4, 0.5) is 0 Å². The highest BCUT2D eigenvalue weighted by molar-refractivity contribution is 6.31. The summed E-state index contributed by atoms with van der Waals surface area (Å²) in [5, 5.41) is 0.844. The van der Waals surface area contributed by atoms with E-state index in [-0.39, 0.29) is 0 Å². The van der Waals surface area contributed by atoms with Crippen LogP contribution in [-0.4, -0.2) is 11.8 Å². The molecule has 0 spiro atoms. The second-order valence-electron chi connectivity index (χ2n) is 3.99. The Labute approximate surface area is 130 Å². The molecular formula is C14H10Cl2N2O3. The molecule has 2 aromatic carbocycles. The van der Waals surface area contributed by atoms with E-state index in [0.29, 0.717) is 21.2 Å².